The Hall–Kier alpha value is -1.04. The van der Waals surface area contributed by atoms with Crippen LogP contribution >= 0.6 is 0 Å². The molecule has 1 aliphatic rings. The predicted octanol–water partition coefficient (Wildman–Crippen LogP) is 3.60. The standard InChI is InChI=1S/C13H16/c1-10(2)13(8-9-13)12-6-4-11(3)5-7-12/h4-7H,1,8-9H2,2-3H3. The molecule has 0 aliphatic heterocycles. The van der Waals surface area contributed by atoms with E-state index >= 15 is 0 Å². The first-order chi connectivity index (χ1) is 6.15. The molecular weight excluding hydrogens is 156 g/mol. The summed E-state index contributed by atoms with van der Waals surface area (Å²) in [5.41, 5.74) is 4.44. The molecule has 0 spiro atoms. The summed E-state index contributed by atoms with van der Waals surface area (Å²) in [4.78, 5) is 0. The van der Waals surface area contributed by atoms with E-state index in [2.05, 4.69) is 44.7 Å². The van der Waals surface area contributed by atoms with Crippen molar-refractivity contribution in [3.8, 4) is 0 Å². The van der Waals surface area contributed by atoms with Gasteiger partial charge in [0, 0.05) is 5.41 Å². The number of benzene rings is 1. The Morgan fingerprint density at radius 3 is 2.15 bits per heavy atom. The summed E-state index contributed by atoms with van der Waals surface area (Å²) in [7, 11) is 0. The first-order valence-corrected chi connectivity index (χ1v) is 4.88. The van der Waals surface area contributed by atoms with Crippen LogP contribution in [0.2, 0.25) is 0 Å². The lowest BCUT2D eigenvalue weighted by atomic mass is 9.89. The fourth-order valence-corrected chi connectivity index (χ4v) is 1.96. The second-order valence-corrected chi connectivity index (χ2v) is 4.23. The molecule has 0 N–H and O–H groups in total. The molecule has 1 aromatic carbocycles. The molecule has 1 fully saturated rings. The summed E-state index contributed by atoms with van der Waals surface area (Å²) in [5, 5.41) is 0. The molecule has 0 aromatic heterocycles. The normalized spacial score (nSPS) is 18.3. The fourth-order valence-electron chi connectivity index (χ4n) is 1.96. The minimum atomic E-state index is 0.341. The lowest BCUT2D eigenvalue weighted by Gasteiger charge is -2.15. The lowest BCUT2D eigenvalue weighted by molar-refractivity contribution is 0.824. The van der Waals surface area contributed by atoms with Crippen molar-refractivity contribution in [1.29, 1.82) is 0 Å². The Labute approximate surface area is 80.3 Å². The van der Waals surface area contributed by atoms with Crippen LogP contribution in [0.15, 0.2) is 36.4 Å². The predicted molar refractivity (Wildman–Crippen MR) is 56.9 cm³/mol. The minimum absolute atomic E-state index is 0.341. The quantitative estimate of drug-likeness (QED) is 0.598. The van der Waals surface area contributed by atoms with Gasteiger partial charge in [0.2, 0.25) is 0 Å². The Morgan fingerprint density at radius 1 is 1.23 bits per heavy atom. The summed E-state index contributed by atoms with van der Waals surface area (Å²) in [6.45, 7) is 8.36. The molecule has 2 rings (SSSR count). The van der Waals surface area contributed by atoms with Gasteiger partial charge < -0.3 is 0 Å². The summed E-state index contributed by atoms with van der Waals surface area (Å²) < 4.78 is 0. The van der Waals surface area contributed by atoms with E-state index in [4.69, 9.17) is 0 Å². The van der Waals surface area contributed by atoms with Crippen molar-refractivity contribution in [3.63, 3.8) is 0 Å². The van der Waals surface area contributed by atoms with E-state index in [9.17, 15) is 0 Å². The Bertz CT molecular complexity index is 326. The molecular formula is C13H16. The molecule has 0 nitrogen and oxygen atoms in total. The number of hydrogen-bond acceptors (Lipinski definition) is 0. The van der Waals surface area contributed by atoms with Crippen LogP contribution in [0.1, 0.15) is 30.9 Å². The molecule has 0 heteroatoms. The fraction of sp³-hybridized carbons (Fsp3) is 0.385. The highest BCUT2D eigenvalue weighted by Gasteiger charge is 2.44. The zero-order valence-electron chi connectivity index (χ0n) is 8.43. The minimum Gasteiger partial charge on any atom is -0.0992 e. The lowest BCUT2D eigenvalue weighted by Crippen LogP contribution is -2.06. The second kappa shape index (κ2) is 2.73. The van der Waals surface area contributed by atoms with Crippen molar-refractivity contribution in [3.05, 3.63) is 47.5 Å². The molecule has 0 amide bonds. The van der Waals surface area contributed by atoms with Gasteiger partial charge in [-0.3, -0.25) is 0 Å². The molecule has 0 radical (unpaired) electrons. The van der Waals surface area contributed by atoms with E-state index in [0.717, 1.165) is 0 Å². The third-order valence-corrected chi connectivity index (χ3v) is 3.17. The SMILES string of the molecule is C=C(C)C1(c2ccc(C)cc2)CC1. The second-order valence-electron chi connectivity index (χ2n) is 4.23. The van der Waals surface area contributed by atoms with Gasteiger partial charge in [0.25, 0.3) is 0 Å². The maximum Gasteiger partial charge on any atom is 0.0157 e. The van der Waals surface area contributed by atoms with Crippen molar-refractivity contribution in [1.82, 2.24) is 0 Å². The summed E-state index contributed by atoms with van der Waals surface area (Å²) in [6.07, 6.45) is 2.57. The Kier molecular flexibility index (Phi) is 1.80. The monoisotopic (exact) mass is 172 g/mol. The van der Waals surface area contributed by atoms with Gasteiger partial charge >= 0.3 is 0 Å². The molecule has 0 unspecified atom stereocenters. The Balaban J connectivity index is 2.36. The average Bonchev–Trinajstić information content (AvgIpc) is 2.86. The highest BCUT2D eigenvalue weighted by Crippen LogP contribution is 2.52. The van der Waals surface area contributed by atoms with Crippen molar-refractivity contribution in [2.75, 3.05) is 0 Å². The zero-order valence-corrected chi connectivity index (χ0v) is 8.43. The van der Waals surface area contributed by atoms with E-state index in [-0.39, 0.29) is 0 Å². The molecule has 1 saturated carbocycles. The van der Waals surface area contributed by atoms with Crippen molar-refractivity contribution in [2.24, 2.45) is 0 Å². The first kappa shape index (κ1) is 8.55. The highest BCUT2D eigenvalue weighted by atomic mass is 14.5. The van der Waals surface area contributed by atoms with Crippen LogP contribution in [0.5, 0.6) is 0 Å². The van der Waals surface area contributed by atoms with E-state index in [0.29, 0.717) is 5.41 Å². The van der Waals surface area contributed by atoms with Crippen LogP contribution in [-0.4, -0.2) is 0 Å². The van der Waals surface area contributed by atoms with Crippen LogP contribution in [0.3, 0.4) is 0 Å². The molecule has 0 heterocycles. The first-order valence-electron chi connectivity index (χ1n) is 4.88. The van der Waals surface area contributed by atoms with Gasteiger partial charge in [0.1, 0.15) is 0 Å². The maximum atomic E-state index is 4.09. The van der Waals surface area contributed by atoms with Crippen LogP contribution in [0, 0.1) is 6.92 Å². The maximum absolute atomic E-state index is 4.09. The zero-order chi connectivity index (χ0) is 9.47. The van der Waals surface area contributed by atoms with Crippen molar-refractivity contribution >= 4 is 0 Å². The van der Waals surface area contributed by atoms with Crippen LogP contribution < -0.4 is 0 Å². The molecule has 13 heavy (non-hydrogen) atoms. The van der Waals surface area contributed by atoms with E-state index in [1.165, 1.54) is 29.5 Å². The van der Waals surface area contributed by atoms with Gasteiger partial charge in [-0.2, -0.15) is 0 Å². The van der Waals surface area contributed by atoms with Crippen molar-refractivity contribution in [2.45, 2.75) is 32.1 Å². The number of hydrogen-bond donors (Lipinski definition) is 0. The van der Waals surface area contributed by atoms with Gasteiger partial charge in [0.15, 0.2) is 0 Å². The molecule has 1 aliphatic carbocycles. The van der Waals surface area contributed by atoms with Gasteiger partial charge in [-0.1, -0.05) is 42.0 Å². The largest absolute Gasteiger partial charge is 0.0992 e. The third-order valence-electron chi connectivity index (χ3n) is 3.17. The number of aryl methyl sites for hydroxylation is 1. The molecule has 0 atom stereocenters. The smallest absolute Gasteiger partial charge is 0.0157 e. The molecule has 1 aromatic rings. The number of rotatable bonds is 2. The van der Waals surface area contributed by atoms with Crippen molar-refractivity contribution < 1.29 is 0 Å². The van der Waals surface area contributed by atoms with Gasteiger partial charge in [-0.15, -0.1) is 0 Å². The number of allylic oxidation sites excluding steroid dienone is 1. The van der Waals surface area contributed by atoms with E-state index in [1.54, 1.807) is 0 Å². The third kappa shape index (κ3) is 1.31. The molecule has 0 saturated heterocycles. The van der Waals surface area contributed by atoms with E-state index in [1.807, 2.05) is 0 Å². The topological polar surface area (TPSA) is 0 Å². The van der Waals surface area contributed by atoms with Gasteiger partial charge in [0.05, 0.1) is 0 Å². The summed E-state index contributed by atoms with van der Waals surface area (Å²) >= 11 is 0. The van der Waals surface area contributed by atoms with Gasteiger partial charge in [-0.05, 0) is 32.3 Å². The van der Waals surface area contributed by atoms with Crippen LogP contribution in [0.25, 0.3) is 0 Å². The molecule has 68 valence electrons. The van der Waals surface area contributed by atoms with E-state index < -0.39 is 0 Å². The Morgan fingerprint density at radius 2 is 1.77 bits per heavy atom. The van der Waals surface area contributed by atoms with Gasteiger partial charge in [-0.25, -0.2) is 0 Å². The summed E-state index contributed by atoms with van der Waals surface area (Å²) in [5.74, 6) is 0. The average molecular weight is 172 g/mol. The van der Waals surface area contributed by atoms with Crippen LogP contribution in [0.4, 0.5) is 0 Å². The summed E-state index contributed by atoms with van der Waals surface area (Å²) in [6, 6.07) is 8.88. The molecule has 0 bridgehead atoms. The highest BCUT2D eigenvalue weighted by molar-refractivity contribution is 5.41. The van der Waals surface area contributed by atoms with Crippen LogP contribution in [-0.2, 0) is 5.41 Å².